The predicted molar refractivity (Wildman–Crippen MR) is 250 cm³/mol. The molecule has 13 atom stereocenters. The van der Waals surface area contributed by atoms with Gasteiger partial charge >= 0.3 is 11.7 Å². The van der Waals surface area contributed by atoms with Crippen molar-refractivity contribution in [3.63, 3.8) is 0 Å². The second-order valence-corrected chi connectivity index (χ2v) is 17.6. The number of hydrogen-bond acceptors (Lipinski definition) is 12. The van der Waals surface area contributed by atoms with E-state index < -0.39 is 145 Å². The Morgan fingerprint density at radius 2 is 1.34 bits per heavy atom. The van der Waals surface area contributed by atoms with Crippen LogP contribution in [-0.4, -0.2) is 120 Å². The summed E-state index contributed by atoms with van der Waals surface area (Å²) in [5.41, 5.74) is -6.40. The highest BCUT2D eigenvalue weighted by molar-refractivity contribution is 6.03. The lowest BCUT2D eigenvalue weighted by Gasteiger charge is -2.36. The van der Waals surface area contributed by atoms with Gasteiger partial charge in [0.15, 0.2) is 35.7 Å². The fourth-order valence-electron chi connectivity index (χ4n) is 8.26. The van der Waals surface area contributed by atoms with Crippen LogP contribution in [0.4, 0.5) is 23.8 Å². The lowest BCUT2D eigenvalue weighted by atomic mass is 9.88. The Kier molecular flexibility index (Phi) is 13.9. The number of benzene rings is 2. The van der Waals surface area contributed by atoms with Gasteiger partial charge in [-0.05, 0) is 70.0 Å². The van der Waals surface area contributed by atoms with Gasteiger partial charge in [-0.1, -0.05) is 70.7 Å². The summed E-state index contributed by atoms with van der Waals surface area (Å²) in [5, 5.41) is 28.4. The molecule has 0 bridgehead atoms. The summed E-state index contributed by atoms with van der Waals surface area (Å²) in [6.07, 6.45) is -9.46. The quantitative estimate of drug-likeness (QED) is 0.155. The van der Waals surface area contributed by atoms with Crippen molar-refractivity contribution in [2.24, 2.45) is 11.8 Å². The second kappa shape index (κ2) is 21.7. The van der Waals surface area contributed by atoms with Crippen LogP contribution in [0.2, 0.25) is 0 Å². The largest absolute Gasteiger partial charge is 0.394 e. The van der Waals surface area contributed by atoms with Crippen LogP contribution in [0.25, 0.3) is 0 Å². The number of carbonyl (C=O) groups is 4. The molecule has 8 rings (SSSR count). The molecule has 4 unspecified atom stereocenters. The van der Waals surface area contributed by atoms with Gasteiger partial charge in [-0.3, -0.25) is 23.9 Å². The van der Waals surface area contributed by atoms with Crippen LogP contribution in [0.1, 0.15) is 96.5 Å². The van der Waals surface area contributed by atoms with Crippen LogP contribution >= 0.6 is 0 Å². The molecular weight excluding hydrogens is 918 g/mol. The molecule has 5 amide bonds. The maximum atomic E-state index is 15.3. The van der Waals surface area contributed by atoms with E-state index in [1.54, 1.807) is 74.5 Å². The number of nitrogens with zero attached hydrogens (tertiary/aromatic N) is 4. The van der Waals surface area contributed by atoms with E-state index in [4.69, 9.17) is 27.5 Å². The number of rotatable bonds is 10. The zero-order chi connectivity index (χ0) is 56.5. The first-order valence-electron chi connectivity index (χ1n) is 25.5. The summed E-state index contributed by atoms with van der Waals surface area (Å²) in [4.78, 5) is 66.5. The van der Waals surface area contributed by atoms with Crippen molar-refractivity contribution < 1.29 is 65.0 Å². The lowest BCUT2D eigenvalue weighted by molar-refractivity contribution is -0.119. The first-order valence-corrected chi connectivity index (χ1v) is 22.5. The Morgan fingerprint density at radius 1 is 0.814 bits per heavy atom. The molecule has 6 N–H and O–H groups in total. The molecule has 378 valence electrons. The van der Waals surface area contributed by atoms with E-state index in [-0.39, 0.29) is 17.7 Å². The molecule has 0 spiro atoms. The van der Waals surface area contributed by atoms with Gasteiger partial charge < -0.3 is 50.6 Å². The Labute approximate surface area is 412 Å². The maximum Gasteiger partial charge on any atom is 0.351 e. The van der Waals surface area contributed by atoms with Gasteiger partial charge in [0.1, 0.15) is 30.0 Å². The average molecular weight is 985 g/mol. The van der Waals surface area contributed by atoms with Crippen molar-refractivity contribution in [3.8, 4) is 0 Å². The molecular formula is C49H61F3N8O10. The van der Waals surface area contributed by atoms with E-state index in [9.17, 15) is 33.5 Å². The van der Waals surface area contributed by atoms with Gasteiger partial charge in [-0.25, -0.2) is 22.8 Å². The minimum atomic E-state index is -2.31. The van der Waals surface area contributed by atoms with Gasteiger partial charge in [-0.15, -0.1) is 0 Å². The van der Waals surface area contributed by atoms with Crippen LogP contribution in [-0.2, 0) is 19.0 Å². The van der Waals surface area contributed by atoms with E-state index >= 15 is 8.78 Å². The number of aliphatic hydroxyl groups excluding tert-OH is 2. The number of ether oxygens (including phenoxy) is 3. The third-order valence-corrected chi connectivity index (χ3v) is 12.8. The van der Waals surface area contributed by atoms with E-state index in [2.05, 4.69) is 32.8 Å². The van der Waals surface area contributed by atoms with E-state index in [0.29, 0.717) is 24.0 Å². The highest BCUT2D eigenvalue weighted by Crippen LogP contribution is 2.46. The van der Waals surface area contributed by atoms with Gasteiger partial charge in [0.25, 0.3) is 17.7 Å². The van der Waals surface area contributed by atoms with Crippen LogP contribution in [0, 0.1) is 11.8 Å². The predicted octanol–water partition coefficient (Wildman–Crippen LogP) is 5.16. The number of hydrogen-bond donors (Lipinski definition) is 6. The minimum absolute atomic E-state index is 0.129. The van der Waals surface area contributed by atoms with Crippen molar-refractivity contribution in [2.75, 3.05) is 11.9 Å². The molecule has 0 saturated carbocycles. The monoisotopic (exact) mass is 984 g/mol. The minimum Gasteiger partial charge on any atom is -0.394 e. The zero-order valence-electron chi connectivity index (χ0n) is 45.5. The normalized spacial score (nSPS) is 35.1. The molecule has 3 aromatic rings. The second-order valence-electron chi connectivity index (χ2n) is 17.6. The lowest BCUT2D eigenvalue weighted by Crippen LogP contribution is -2.58. The number of halogens is 3. The molecule has 0 aliphatic carbocycles. The SMILES string of the molecule is [2H]C1=C([2H])N([C@@H]2O[C@H](CC)C(C)[C@]2(C)F)C(=O)NC1NC(=O)c1ccccc1.[2H]C1=C([2H])N([C@@H]2O[C@H](CO)C(O)[C@]2(C)F)C(=C)NC1=O.[2H]c1c(NC(=O)c2ccccc2)nc(=O)n([C@@H]2O[C@H](CC)C(C)[C@]2(C)F)c1[2H]. The number of aromatic nitrogens is 2. The zero-order valence-corrected chi connectivity index (χ0v) is 39.5. The number of amides is 5. The van der Waals surface area contributed by atoms with E-state index in [0.717, 1.165) is 21.3 Å². The first-order chi connectivity index (χ1) is 35.6. The molecule has 2 aromatic carbocycles. The third-order valence-electron chi connectivity index (χ3n) is 12.8. The van der Waals surface area contributed by atoms with Gasteiger partial charge in [0.2, 0.25) is 0 Å². The molecule has 5 aliphatic rings. The Hall–Kier alpha value is -6.39. The number of carbonyl (C=O) groups excluding carboxylic acids is 4. The van der Waals surface area contributed by atoms with Crippen LogP contribution in [0.5, 0.6) is 0 Å². The van der Waals surface area contributed by atoms with Crippen molar-refractivity contribution in [1.29, 1.82) is 0 Å². The van der Waals surface area contributed by atoms with Crippen molar-refractivity contribution in [1.82, 2.24) is 35.3 Å². The van der Waals surface area contributed by atoms with E-state index in [1.807, 2.05) is 13.8 Å². The summed E-state index contributed by atoms with van der Waals surface area (Å²) in [7, 11) is 0. The molecule has 21 heteroatoms. The number of alkyl halides is 3. The molecule has 3 saturated heterocycles. The van der Waals surface area contributed by atoms with Gasteiger partial charge in [0, 0.05) is 47.5 Å². The molecule has 1 aromatic heterocycles. The summed E-state index contributed by atoms with van der Waals surface area (Å²) < 4.78 is 110. The van der Waals surface area contributed by atoms with Crippen LogP contribution in [0.3, 0.4) is 0 Å². The summed E-state index contributed by atoms with van der Waals surface area (Å²) in [6, 6.07) is 14.2. The fraction of sp³-hybridized carbons (Fsp3) is 0.469. The van der Waals surface area contributed by atoms with Crippen LogP contribution < -0.4 is 27.0 Å². The molecule has 3 fully saturated rings. The molecule has 6 heterocycles. The van der Waals surface area contributed by atoms with Gasteiger partial charge in [0.05, 0.1) is 27.0 Å². The summed E-state index contributed by atoms with van der Waals surface area (Å²) in [5.74, 6) is -3.34. The Morgan fingerprint density at radius 3 is 1.89 bits per heavy atom. The first kappa shape index (κ1) is 44.8. The standard InChI is InChI=1S/C19H24FN3O3.C19H22FN3O3.C11H15FN2O4/c2*1-4-14-12(2)19(3,20)17(26-14)23-11-10-15(22-18(23)25)21-16(24)13-8-6-5-7-9-13;1-6-13-8(16)3-4-14(6)10-11(2,12)9(17)7(5-15)18-10/h5-12,14-15,17H,4H2,1-3H3,(H,21,24)(H,22,25);5-12,14,17H,4H2,1-3H3,(H,21,22,24,25);3-4,7,9-10,15,17H,1,5H2,2H3,(H,13,16)/t12?,14-,15?,17-,19+;12?,14-,17-,19+;7-,9?,10-,11+/m111/s1/i2*10D,11D;3D,4D. The maximum absolute atomic E-state index is 15.3. The van der Waals surface area contributed by atoms with Gasteiger partial charge in [-0.2, -0.15) is 4.98 Å². The molecule has 5 aliphatic heterocycles. The summed E-state index contributed by atoms with van der Waals surface area (Å²) in [6.45, 7) is 13.7. The fourth-order valence-corrected chi connectivity index (χ4v) is 8.26. The van der Waals surface area contributed by atoms with Crippen molar-refractivity contribution in [3.05, 3.63) is 131 Å². The number of nitrogens with one attached hydrogen (secondary N) is 4. The summed E-state index contributed by atoms with van der Waals surface area (Å²) >= 11 is 0. The van der Waals surface area contributed by atoms with E-state index in [1.165, 1.54) is 13.8 Å². The molecule has 70 heavy (non-hydrogen) atoms. The number of aliphatic hydroxyl groups is 2. The third kappa shape index (κ3) is 11.1. The van der Waals surface area contributed by atoms with Crippen molar-refractivity contribution >= 4 is 29.6 Å². The Bertz CT molecular complexity index is 2830. The number of anilines is 1. The molecule has 0 radical (unpaired) electrons. The topological polar surface area (TPSA) is 226 Å². The molecule has 18 nitrogen and oxygen atoms in total. The average Bonchev–Trinajstić information content (AvgIpc) is 3.86. The van der Waals surface area contributed by atoms with Crippen LogP contribution in [0.15, 0.2) is 115 Å². The Balaban J connectivity index is 0.000000188. The smallest absolute Gasteiger partial charge is 0.351 e. The van der Waals surface area contributed by atoms with Crippen molar-refractivity contribution in [2.45, 2.75) is 128 Å². The highest BCUT2D eigenvalue weighted by atomic mass is 19.2. The highest BCUT2D eigenvalue weighted by Gasteiger charge is 2.57. The number of urea groups is 1.